The fraction of sp³-hybridized carbons (Fsp3) is 0.111. The zero-order chi connectivity index (χ0) is 33.0. The Bertz CT molecular complexity index is 2090. The fourth-order valence-electron chi connectivity index (χ4n) is 3.76. The van der Waals surface area contributed by atoms with Gasteiger partial charge < -0.3 is 25.3 Å². The van der Waals surface area contributed by atoms with Gasteiger partial charge in [-0.15, -0.1) is 0 Å². The van der Waals surface area contributed by atoms with E-state index in [1.54, 1.807) is 50.6 Å². The molecular formula is C27H20Br3Cl4N7O5. The van der Waals surface area contributed by atoms with E-state index in [-0.39, 0.29) is 16.7 Å². The van der Waals surface area contributed by atoms with Gasteiger partial charge in [0.25, 0.3) is 5.56 Å². The van der Waals surface area contributed by atoms with Crippen LogP contribution in [0.2, 0.25) is 20.9 Å². The van der Waals surface area contributed by atoms with Crippen molar-refractivity contribution < 1.29 is 14.2 Å². The van der Waals surface area contributed by atoms with Crippen molar-refractivity contribution in [3.05, 3.63) is 91.5 Å². The van der Waals surface area contributed by atoms with Gasteiger partial charge in [-0.2, -0.15) is 0 Å². The first-order valence-corrected chi connectivity index (χ1v) is 16.0. The fourth-order valence-corrected chi connectivity index (χ4v) is 6.23. The molecule has 12 nitrogen and oxygen atoms in total. The minimum Gasteiger partial charge on any atom is -0.497 e. The molecule has 0 aliphatic rings. The van der Waals surface area contributed by atoms with Crippen LogP contribution in [0.15, 0.2) is 59.4 Å². The predicted molar refractivity (Wildman–Crippen MR) is 192 cm³/mol. The third kappa shape index (κ3) is 8.77. The number of hydrogen-bond donors (Lipinski definition) is 3. The number of aromatic nitrogens is 6. The number of ether oxygens (including phenoxy) is 3. The van der Waals surface area contributed by atoms with Crippen LogP contribution in [-0.4, -0.2) is 51.2 Å². The zero-order valence-electron chi connectivity index (χ0n) is 23.6. The number of aromatic amines is 2. The molecule has 0 radical (unpaired) electrons. The van der Waals surface area contributed by atoms with Gasteiger partial charge in [0.2, 0.25) is 10.6 Å². The zero-order valence-corrected chi connectivity index (χ0v) is 31.4. The summed E-state index contributed by atoms with van der Waals surface area (Å²) in [7, 11) is 4.67. The summed E-state index contributed by atoms with van der Waals surface area (Å²) in [5.74, 6) is 1.91. The normalized spacial score (nSPS) is 10.4. The van der Waals surface area contributed by atoms with Crippen molar-refractivity contribution in [3.63, 3.8) is 0 Å². The molecule has 0 aliphatic carbocycles. The third-order valence-electron chi connectivity index (χ3n) is 5.79. The van der Waals surface area contributed by atoms with Gasteiger partial charge in [0, 0.05) is 24.2 Å². The molecule has 0 saturated heterocycles. The van der Waals surface area contributed by atoms with Gasteiger partial charge in [-0.05, 0) is 107 Å². The van der Waals surface area contributed by atoms with Crippen molar-refractivity contribution in [3.8, 4) is 17.2 Å². The average Bonchev–Trinajstić information content (AvgIpc) is 2.99. The maximum atomic E-state index is 11.5. The highest BCUT2D eigenvalue weighted by molar-refractivity contribution is 9.11. The first-order valence-electron chi connectivity index (χ1n) is 12.1. The van der Waals surface area contributed by atoms with Crippen molar-refractivity contribution in [2.45, 2.75) is 0 Å². The highest BCUT2D eigenvalue weighted by atomic mass is 79.9. The number of hydrogen-bond acceptors (Lipinski definition) is 10. The third-order valence-corrected chi connectivity index (χ3v) is 8.54. The molecule has 0 saturated carbocycles. The maximum Gasteiger partial charge on any atom is 0.326 e. The predicted octanol–water partition coefficient (Wildman–Crippen LogP) is 8.56. The number of nitrogens with one attached hydrogen (secondary N) is 2. The minimum absolute atomic E-state index is 0. The molecule has 0 aliphatic heterocycles. The van der Waals surface area contributed by atoms with Crippen molar-refractivity contribution in [2.75, 3.05) is 21.3 Å². The molecule has 0 unspecified atom stereocenters. The highest BCUT2D eigenvalue weighted by Crippen LogP contribution is 2.33. The summed E-state index contributed by atoms with van der Waals surface area (Å²) in [5.41, 5.74) is 0.831. The van der Waals surface area contributed by atoms with Gasteiger partial charge in [0.15, 0.2) is 0 Å². The lowest BCUT2D eigenvalue weighted by Gasteiger charge is -2.05. The molecule has 6 aromatic rings. The van der Waals surface area contributed by atoms with Crippen LogP contribution in [0.1, 0.15) is 0 Å². The lowest BCUT2D eigenvalue weighted by molar-refractivity contribution is 0.415. The Morgan fingerprint density at radius 1 is 0.587 bits per heavy atom. The van der Waals surface area contributed by atoms with E-state index in [1.807, 2.05) is 0 Å². The van der Waals surface area contributed by atoms with Crippen LogP contribution >= 0.6 is 94.2 Å². The van der Waals surface area contributed by atoms with Crippen LogP contribution in [0, 0.1) is 0 Å². The Kier molecular flexibility index (Phi) is 13.4. The molecule has 5 N–H and O–H groups in total. The van der Waals surface area contributed by atoms with E-state index in [4.69, 9.17) is 60.6 Å². The first kappa shape index (κ1) is 37.7. The van der Waals surface area contributed by atoms with Crippen molar-refractivity contribution in [1.29, 1.82) is 0 Å². The standard InChI is InChI=1S/2C9H5BrCl2N2O.C9H7BrN2O3.H3N/c2*1-15-4-2-5-7(6(10)3-4)13-9(12)14-8(5)11;1-15-4-2-5-7(6(10)3-4)11-9(14)12-8(5)13;/h2*2-3H,1H3;2-3H,1H3,(H2,11,12,13,14);1H3. The van der Waals surface area contributed by atoms with E-state index < -0.39 is 11.2 Å². The van der Waals surface area contributed by atoms with E-state index in [0.29, 0.717) is 64.7 Å². The van der Waals surface area contributed by atoms with Crippen LogP contribution in [0.4, 0.5) is 0 Å². The van der Waals surface area contributed by atoms with E-state index in [1.165, 1.54) is 7.11 Å². The van der Waals surface area contributed by atoms with Crippen LogP contribution in [-0.2, 0) is 0 Å². The van der Waals surface area contributed by atoms with Crippen LogP contribution in [0.5, 0.6) is 17.2 Å². The highest BCUT2D eigenvalue weighted by Gasteiger charge is 2.11. The summed E-state index contributed by atoms with van der Waals surface area (Å²) in [6, 6.07) is 10.4. The van der Waals surface area contributed by atoms with E-state index in [9.17, 15) is 9.59 Å². The Morgan fingerprint density at radius 2 is 0.978 bits per heavy atom. The molecular weight excluding hydrogens is 884 g/mol. The molecule has 0 spiro atoms. The Hall–Kier alpha value is -2.76. The van der Waals surface area contributed by atoms with E-state index in [2.05, 4.69) is 77.7 Å². The molecule has 3 heterocycles. The lowest BCUT2D eigenvalue weighted by atomic mass is 10.2. The smallest absolute Gasteiger partial charge is 0.326 e. The summed E-state index contributed by atoms with van der Waals surface area (Å²) >= 11 is 33.3. The van der Waals surface area contributed by atoms with Gasteiger partial charge in [0.1, 0.15) is 27.6 Å². The van der Waals surface area contributed by atoms with Gasteiger partial charge in [0.05, 0.1) is 43.3 Å². The van der Waals surface area contributed by atoms with Crippen LogP contribution < -0.4 is 31.6 Å². The molecule has 0 bridgehead atoms. The van der Waals surface area contributed by atoms with Crippen molar-refractivity contribution >= 4 is 127 Å². The molecule has 3 aromatic heterocycles. The Balaban J connectivity index is 0.000000186. The second-order valence-electron chi connectivity index (χ2n) is 8.52. The van der Waals surface area contributed by atoms with Crippen LogP contribution in [0.25, 0.3) is 32.7 Å². The summed E-state index contributed by atoms with van der Waals surface area (Å²) in [5, 5.41) is 2.64. The number of H-pyrrole nitrogens is 2. The van der Waals surface area contributed by atoms with Crippen LogP contribution in [0.3, 0.4) is 0 Å². The average molecular weight is 904 g/mol. The SMILES string of the molecule is COc1cc(Br)c2[nH]c(=O)[nH]c(=O)c2c1.COc1cc(Br)c2nc(Cl)nc(Cl)c2c1.COc1cc(Br)c2nc(Cl)nc(Cl)c2c1.N. The second kappa shape index (κ2) is 16.4. The summed E-state index contributed by atoms with van der Waals surface area (Å²) in [6.07, 6.45) is 0. The monoisotopic (exact) mass is 899 g/mol. The van der Waals surface area contributed by atoms with E-state index in [0.717, 1.165) is 8.95 Å². The number of rotatable bonds is 3. The molecule has 0 amide bonds. The maximum absolute atomic E-state index is 11.5. The quantitative estimate of drug-likeness (QED) is 0.115. The number of benzene rings is 3. The van der Waals surface area contributed by atoms with Crippen molar-refractivity contribution in [1.82, 2.24) is 36.1 Å². The molecule has 0 fully saturated rings. The molecule has 242 valence electrons. The summed E-state index contributed by atoms with van der Waals surface area (Å²) in [6.45, 7) is 0. The minimum atomic E-state index is -0.529. The number of fused-ring (bicyclic) bond motifs is 3. The molecule has 46 heavy (non-hydrogen) atoms. The van der Waals surface area contributed by atoms with E-state index >= 15 is 0 Å². The van der Waals surface area contributed by atoms with Gasteiger partial charge in [-0.25, -0.2) is 24.7 Å². The van der Waals surface area contributed by atoms with Gasteiger partial charge >= 0.3 is 5.69 Å². The van der Waals surface area contributed by atoms with Crippen molar-refractivity contribution in [2.24, 2.45) is 0 Å². The molecule has 19 heteroatoms. The molecule has 6 rings (SSSR count). The molecule has 0 atom stereocenters. The topological polar surface area (TPSA) is 180 Å². The Labute approximate surface area is 305 Å². The summed E-state index contributed by atoms with van der Waals surface area (Å²) in [4.78, 5) is 43.1. The number of nitrogens with zero attached hydrogens (tertiary/aromatic N) is 4. The van der Waals surface area contributed by atoms with Gasteiger partial charge in [-0.3, -0.25) is 9.78 Å². The summed E-state index contributed by atoms with van der Waals surface area (Å²) < 4.78 is 17.4. The second-order valence-corrected chi connectivity index (χ2v) is 12.5. The number of methoxy groups -OCH3 is 3. The number of halogens is 7. The first-order chi connectivity index (χ1) is 21.3. The van der Waals surface area contributed by atoms with Gasteiger partial charge in [-0.1, -0.05) is 23.2 Å². The molecule has 3 aromatic carbocycles. The largest absolute Gasteiger partial charge is 0.497 e. The lowest BCUT2D eigenvalue weighted by Crippen LogP contribution is -2.22. The Morgan fingerprint density at radius 3 is 1.39 bits per heavy atom.